The first-order valence-electron chi connectivity index (χ1n) is 8.62. The van der Waals surface area contributed by atoms with Crippen LogP contribution in [0.4, 0.5) is 0 Å². The Morgan fingerprint density at radius 2 is 1.96 bits per heavy atom. The van der Waals surface area contributed by atoms with Gasteiger partial charge in [0.2, 0.25) is 0 Å². The van der Waals surface area contributed by atoms with Gasteiger partial charge in [-0.25, -0.2) is 9.48 Å². The predicted octanol–water partition coefficient (Wildman–Crippen LogP) is 1.80. The van der Waals surface area contributed by atoms with Crippen LogP contribution in [0.2, 0.25) is 0 Å². The SMILES string of the molecule is CCn1nnc2cc(C(=O)OCC(=O)NCCOc3ccccc3)ccc21. The van der Waals surface area contributed by atoms with Crippen LogP contribution in [0.15, 0.2) is 48.5 Å². The average Bonchev–Trinajstić information content (AvgIpc) is 3.12. The lowest BCUT2D eigenvalue weighted by molar-refractivity contribution is -0.124. The van der Waals surface area contributed by atoms with Crippen molar-refractivity contribution in [3.8, 4) is 5.75 Å². The number of amides is 1. The van der Waals surface area contributed by atoms with E-state index in [4.69, 9.17) is 9.47 Å². The van der Waals surface area contributed by atoms with Gasteiger partial charge in [-0.2, -0.15) is 0 Å². The third kappa shape index (κ3) is 4.81. The minimum atomic E-state index is -0.585. The van der Waals surface area contributed by atoms with Gasteiger partial charge in [0.1, 0.15) is 17.9 Å². The molecule has 1 aromatic heterocycles. The Balaban J connectivity index is 1.42. The molecule has 27 heavy (non-hydrogen) atoms. The molecule has 0 aliphatic carbocycles. The highest BCUT2D eigenvalue weighted by atomic mass is 16.5. The van der Waals surface area contributed by atoms with E-state index in [0.29, 0.717) is 30.8 Å². The number of nitrogens with one attached hydrogen (secondary N) is 1. The number of hydrogen-bond donors (Lipinski definition) is 1. The van der Waals surface area contributed by atoms with Crippen LogP contribution < -0.4 is 10.1 Å². The summed E-state index contributed by atoms with van der Waals surface area (Å²) in [6.07, 6.45) is 0. The van der Waals surface area contributed by atoms with Crippen molar-refractivity contribution in [3.63, 3.8) is 0 Å². The first-order chi connectivity index (χ1) is 13.2. The Labute approximate surface area is 156 Å². The Hall–Kier alpha value is -3.42. The molecule has 0 aliphatic heterocycles. The predicted molar refractivity (Wildman–Crippen MR) is 98.4 cm³/mol. The molecule has 3 rings (SSSR count). The maximum Gasteiger partial charge on any atom is 0.338 e. The van der Waals surface area contributed by atoms with Crippen LogP contribution in [0.25, 0.3) is 11.0 Å². The lowest BCUT2D eigenvalue weighted by Crippen LogP contribution is -2.32. The molecular formula is C19H20N4O4. The van der Waals surface area contributed by atoms with E-state index in [0.717, 1.165) is 11.3 Å². The van der Waals surface area contributed by atoms with Crippen LogP contribution in [0.5, 0.6) is 5.75 Å². The van der Waals surface area contributed by atoms with Crippen molar-refractivity contribution in [1.29, 1.82) is 0 Å². The number of hydrogen-bond acceptors (Lipinski definition) is 6. The van der Waals surface area contributed by atoms with E-state index in [2.05, 4.69) is 15.6 Å². The number of para-hydroxylation sites is 1. The Morgan fingerprint density at radius 3 is 2.74 bits per heavy atom. The van der Waals surface area contributed by atoms with Crippen molar-refractivity contribution >= 4 is 22.9 Å². The minimum Gasteiger partial charge on any atom is -0.492 e. The van der Waals surface area contributed by atoms with E-state index in [9.17, 15) is 9.59 Å². The number of nitrogens with zero attached hydrogens (tertiary/aromatic N) is 3. The number of ether oxygens (including phenoxy) is 2. The lowest BCUT2D eigenvalue weighted by atomic mass is 10.2. The maximum absolute atomic E-state index is 12.1. The zero-order valence-electron chi connectivity index (χ0n) is 14.9. The summed E-state index contributed by atoms with van der Waals surface area (Å²) >= 11 is 0. The van der Waals surface area contributed by atoms with Crippen molar-refractivity contribution in [2.24, 2.45) is 0 Å². The molecule has 1 amide bonds. The largest absolute Gasteiger partial charge is 0.492 e. The Bertz CT molecular complexity index is 924. The van der Waals surface area contributed by atoms with E-state index in [1.54, 1.807) is 22.9 Å². The monoisotopic (exact) mass is 368 g/mol. The number of esters is 1. The zero-order valence-corrected chi connectivity index (χ0v) is 14.9. The molecule has 1 N–H and O–H groups in total. The van der Waals surface area contributed by atoms with Gasteiger partial charge in [-0.1, -0.05) is 23.4 Å². The topological polar surface area (TPSA) is 95.3 Å². The molecule has 8 nitrogen and oxygen atoms in total. The fourth-order valence-corrected chi connectivity index (χ4v) is 2.47. The van der Waals surface area contributed by atoms with Gasteiger partial charge in [-0.3, -0.25) is 4.79 Å². The highest BCUT2D eigenvalue weighted by Gasteiger charge is 2.12. The van der Waals surface area contributed by atoms with Crippen molar-refractivity contribution in [2.75, 3.05) is 19.8 Å². The summed E-state index contributed by atoms with van der Waals surface area (Å²) in [4.78, 5) is 23.9. The zero-order chi connectivity index (χ0) is 19.1. The van der Waals surface area contributed by atoms with E-state index < -0.39 is 11.9 Å². The molecule has 0 atom stereocenters. The number of rotatable bonds is 8. The molecule has 0 bridgehead atoms. The third-order valence-electron chi connectivity index (χ3n) is 3.82. The normalized spacial score (nSPS) is 10.6. The fraction of sp³-hybridized carbons (Fsp3) is 0.263. The number of aryl methyl sites for hydroxylation is 1. The number of carbonyl (C=O) groups is 2. The van der Waals surface area contributed by atoms with Gasteiger partial charge < -0.3 is 14.8 Å². The summed E-state index contributed by atoms with van der Waals surface area (Å²) in [6.45, 7) is 2.93. The minimum absolute atomic E-state index is 0.317. The molecule has 8 heteroatoms. The van der Waals surface area contributed by atoms with Crippen LogP contribution in [-0.4, -0.2) is 46.6 Å². The molecule has 0 saturated carbocycles. The standard InChI is InChI=1S/C19H20N4O4/c1-2-23-17-9-8-14(12-16(17)21-22-23)19(25)27-13-18(24)20-10-11-26-15-6-4-3-5-7-15/h3-9,12H,2,10-11,13H2,1H3,(H,20,24). The first kappa shape index (κ1) is 18.4. The van der Waals surface area contributed by atoms with Crippen LogP contribution in [0, 0.1) is 0 Å². The quantitative estimate of drug-likeness (QED) is 0.481. The molecule has 0 unspecified atom stereocenters. The molecule has 3 aromatic rings. The smallest absolute Gasteiger partial charge is 0.338 e. The first-order valence-corrected chi connectivity index (χ1v) is 8.62. The van der Waals surface area contributed by atoms with Gasteiger partial charge in [0.05, 0.1) is 17.6 Å². The summed E-state index contributed by atoms with van der Waals surface area (Å²) < 4.78 is 12.2. The van der Waals surface area contributed by atoms with Crippen molar-refractivity contribution < 1.29 is 19.1 Å². The second-order valence-corrected chi connectivity index (χ2v) is 5.70. The molecule has 0 spiro atoms. The summed E-state index contributed by atoms with van der Waals surface area (Å²) in [5, 5.41) is 10.6. The molecule has 0 fully saturated rings. The van der Waals surface area contributed by atoms with Crippen LogP contribution in [0.3, 0.4) is 0 Å². The van der Waals surface area contributed by atoms with Crippen molar-refractivity contribution in [3.05, 3.63) is 54.1 Å². The van der Waals surface area contributed by atoms with Crippen molar-refractivity contribution in [2.45, 2.75) is 13.5 Å². The lowest BCUT2D eigenvalue weighted by Gasteiger charge is -2.08. The maximum atomic E-state index is 12.1. The fourth-order valence-electron chi connectivity index (χ4n) is 2.47. The van der Waals surface area contributed by atoms with Gasteiger partial charge in [0.15, 0.2) is 6.61 Å². The molecule has 0 radical (unpaired) electrons. The highest BCUT2D eigenvalue weighted by molar-refractivity contribution is 5.94. The summed E-state index contributed by atoms with van der Waals surface area (Å²) in [5.41, 5.74) is 1.77. The van der Waals surface area contributed by atoms with Crippen LogP contribution in [0.1, 0.15) is 17.3 Å². The molecule has 0 aliphatic rings. The van der Waals surface area contributed by atoms with E-state index in [-0.39, 0.29) is 6.61 Å². The number of benzene rings is 2. The average molecular weight is 368 g/mol. The van der Waals surface area contributed by atoms with Gasteiger partial charge in [-0.05, 0) is 37.3 Å². The third-order valence-corrected chi connectivity index (χ3v) is 3.82. The summed E-state index contributed by atoms with van der Waals surface area (Å²) in [5.74, 6) is -0.245. The molecule has 1 heterocycles. The van der Waals surface area contributed by atoms with Crippen LogP contribution >= 0.6 is 0 Å². The van der Waals surface area contributed by atoms with Crippen molar-refractivity contribution in [1.82, 2.24) is 20.3 Å². The van der Waals surface area contributed by atoms with Gasteiger partial charge in [0.25, 0.3) is 5.91 Å². The van der Waals surface area contributed by atoms with E-state index in [1.165, 1.54) is 0 Å². The second kappa shape index (κ2) is 8.79. The van der Waals surface area contributed by atoms with Gasteiger partial charge in [-0.15, -0.1) is 5.10 Å². The number of fused-ring (bicyclic) bond motifs is 1. The molecular weight excluding hydrogens is 348 g/mol. The Morgan fingerprint density at radius 1 is 1.15 bits per heavy atom. The van der Waals surface area contributed by atoms with E-state index in [1.807, 2.05) is 37.3 Å². The van der Waals surface area contributed by atoms with Crippen LogP contribution in [-0.2, 0) is 16.1 Å². The molecule has 140 valence electrons. The second-order valence-electron chi connectivity index (χ2n) is 5.70. The van der Waals surface area contributed by atoms with E-state index >= 15 is 0 Å². The summed E-state index contributed by atoms with van der Waals surface area (Å²) in [6, 6.07) is 14.3. The number of carbonyl (C=O) groups excluding carboxylic acids is 2. The Kier molecular flexibility index (Phi) is 5.98. The highest BCUT2D eigenvalue weighted by Crippen LogP contribution is 2.14. The molecule has 2 aromatic carbocycles. The molecule has 0 saturated heterocycles. The number of aromatic nitrogens is 3. The van der Waals surface area contributed by atoms with Gasteiger partial charge >= 0.3 is 5.97 Å². The summed E-state index contributed by atoms with van der Waals surface area (Å²) in [7, 11) is 0. The van der Waals surface area contributed by atoms with Gasteiger partial charge in [0, 0.05) is 6.54 Å².